The van der Waals surface area contributed by atoms with Crippen molar-refractivity contribution in [2.24, 2.45) is 50.2 Å². The Morgan fingerprint density at radius 1 is 0.636 bits per heavy atom. The van der Waals surface area contributed by atoms with Crippen molar-refractivity contribution in [1.82, 2.24) is 0 Å². The maximum Gasteiger partial charge on any atom is 0.336 e. The number of aliphatic hydroxyl groups is 16. The summed E-state index contributed by atoms with van der Waals surface area (Å²) in [5, 5.41) is 186. The molecule has 0 aromatic rings. The summed E-state index contributed by atoms with van der Waals surface area (Å²) in [7, 11) is 0. The first-order chi connectivity index (χ1) is 46.2. The van der Waals surface area contributed by atoms with E-state index in [1.165, 1.54) is 26.0 Å². The normalized spacial score (nSPS) is 50.4. The zero-order valence-electron chi connectivity index (χ0n) is 58.1. The van der Waals surface area contributed by atoms with Crippen molar-refractivity contribution >= 4 is 11.9 Å². The number of esters is 1. The van der Waals surface area contributed by atoms with E-state index < -0.39 is 248 Å². The fourth-order valence-corrected chi connectivity index (χ4v) is 19.0. The monoisotopic (exact) mass is 1420 g/mol. The number of carbonyl (C=O) groups excluding carboxylic acids is 1. The van der Waals surface area contributed by atoms with Crippen molar-refractivity contribution in [3.8, 4) is 0 Å². The van der Waals surface area contributed by atoms with Crippen molar-refractivity contribution in [1.29, 1.82) is 0 Å². The van der Waals surface area contributed by atoms with Gasteiger partial charge in [0, 0.05) is 11.8 Å². The van der Waals surface area contributed by atoms with Crippen LogP contribution < -0.4 is 0 Å². The van der Waals surface area contributed by atoms with Gasteiger partial charge in [-0.3, -0.25) is 4.79 Å². The van der Waals surface area contributed by atoms with Gasteiger partial charge in [0.1, 0.15) is 115 Å². The Morgan fingerprint density at radius 3 is 1.87 bits per heavy atom. The molecule has 4 saturated carbocycles. The smallest absolute Gasteiger partial charge is 0.336 e. The molecule has 17 N–H and O–H groups in total. The van der Waals surface area contributed by atoms with E-state index in [0.29, 0.717) is 32.1 Å². The van der Waals surface area contributed by atoms with Crippen LogP contribution >= 0.6 is 0 Å². The average molecular weight is 1420 g/mol. The first-order valence-corrected chi connectivity index (χ1v) is 34.9. The van der Waals surface area contributed by atoms with Crippen LogP contribution in [-0.4, -0.2) is 297 Å². The van der Waals surface area contributed by atoms with E-state index in [0.717, 1.165) is 5.57 Å². The minimum atomic E-state index is -1.95. The van der Waals surface area contributed by atoms with Gasteiger partial charge in [-0.2, -0.15) is 0 Å². The van der Waals surface area contributed by atoms with Crippen LogP contribution in [-0.2, 0) is 61.7 Å². The first-order valence-electron chi connectivity index (χ1n) is 34.9. The third kappa shape index (κ3) is 14.0. The molecule has 5 aliphatic heterocycles. The van der Waals surface area contributed by atoms with Gasteiger partial charge in [-0.25, -0.2) is 4.79 Å². The molecule has 35 atom stereocenters. The molecule has 10 aliphatic rings. The van der Waals surface area contributed by atoms with Crippen LogP contribution in [0.2, 0.25) is 0 Å². The van der Waals surface area contributed by atoms with Crippen molar-refractivity contribution in [2.75, 3.05) is 26.4 Å². The number of aliphatic hydroxyl groups excluding tert-OH is 16. The van der Waals surface area contributed by atoms with E-state index in [2.05, 4.69) is 47.3 Å². The van der Waals surface area contributed by atoms with E-state index in [-0.39, 0.29) is 49.5 Å². The third-order valence-corrected chi connectivity index (χ3v) is 25.6. The second kappa shape index (κ2) is 29.5. The van der Waals surface area contributed by atoms with E-state index in [1.54, 1.807) is 6.92 Å². The molecule has 10 rings (SSSR count). The molecule has 0 bridgehead atoms. The molecule has 5 aliphatic carbocycles. The molecule has 5 saturated heterocycles. The van der Waals surface area contributed by atoms with Crippen molar-refractivity contribution < 1.29 is 149 Å². The largest absolute Gasteiger partial charge is 0.481 e. The number of fused-ring (bicyclic) bond motifs is 7. The summed E-state index contributed by atoms with van der Waals surface area (Å²) < 4.78 is 66.6. The summed E-state index contributed by atoms with van der Waals surface area (Å²) in [6, 6.07) is 0. The molecule has 0 aromatic heterocycles. The highest BCUT2D eigenvalue weighted by molar-refractivity contribution is 5.89. The van der Waals surface area contributed by atoms with Crippen molar-refractivity contribution in [3.05, 3.63) is 36.0 Å². The Hall–Kier alpha value is -2.88. The minimum Gasteiger partial charge on any atom is -0.481 e. The molecule has 0 spiro atoms. The first kappa shape index (κ1) is 78.7. The van der Waals surface area contributed by atoms with E-state index >= 15 is 0 Å². The molecule has 5 heterocycles. The highest BCUT2D eigenvalue weighted by Crippen LogP contribution is 2.76. The van der Waals surface area contributed by atoms with Gasteiger partial charge in [0.15, 0.2) is 31.5 Å². The van der Waals surface area contributed by atoms with Gasteiger partial charge in [0.2, 0.25) is 0 Å². The van der Waals surface area contributed by atoms with Gasteiger partial charge in [-0.05, 0) is 118 Å². The molecule has 30 nitrogen and oxygen atoms in total. The number of ether oxygens (including phenoxy) is 11. The lowest BCUT2D eigenvalue weighted by Gasteiger charge is -2.72. The summed E-state index contributed by atoms with van der Waals surface area (Å²) in [6.07, 6.45) is -33.2. The minimum absolute atomic E-state index is 0.0292. The van der Waals surface area contributed by atoms with Gasteiger partial charge in [-0.1, -0.05) is 72.3 Å². The predicted octanol–water partition coefficient (Wildman–Crippen LogP) is -1.82. The Balaban J connectivity index is 0.864. The Bertz CT molecular complexity index is 2900. The average Bonchev–Trinajstić information content (AvgIpc) is 0.670. The molecule has 0 radical (unpaired) electrons. The lowest BCUT2D eigenvalue weighted by molar-refractivity contribution is -0.385. The number of aliphatic carboxylic acids is 1. The molecule has 99 heavy (non-hydrogen) atoms. The van der Waals surface area contributed by atoms with Crippen LogP contribution in [0.4, 0.5) is 0 Å². The van der Waals surface area contributed by atoms with Crippen LogP contribution in [0.25, 0.3) is 0 Å². The Labute approximate surface area is 576 Å². The maximum absolute atomic E-state index is 14.1. The highest BCUT2D eigenvalue weighted by Gasteiger charge is 2.73. The van der Waals surface area contributed by atoms with E-state index in [1.807, 2.05) is 13.8 Å². The highest BCUT2D eigenvalue weighted by atomic mass is 16.8. The van der Waals surface area contributed by atoms with Crippen molar-refractivity contribution in [3.63, 3.8) is 0 Å². The quantitative estimate of drug-likeness (QED) is 0.0276. The van der Waals surface area contributed by atoms with Crippen molar-refractivity contribution in [2.45, 2.75) is 305 Å². The number of carboxylic acids is 1. The summed E-state index contributed by atoms with van der Waals surface area (Å²) >= 11 is 0. The standard InChI is InChI=1S/C69H110O30/c1-12-65(8,99-59-53(85)47(79)42(74)29(2)91-59)19-13-14-31(25-70)56(86)95-41-24-69(62(87)88)33(22-63(41,4)5)32-15-16-38-66(9)20-18-40(64(6,7)37(66)17-21-67(38,10)68(32,11)23-39(69)73)96-61-55(98-58-52(84)48(80)45(77)35(26-71)93-58)50(82)46(78)36(94-61)28-90-60-54(49(81)43(75)30(3)92-60)97-57-51(83)44(76)34(72)27-89-57/h12,14-15,29-30,33-55,57-61,70-85H,1,13,16-28H2,2-11H3,(H,87,88)/b31-14+/t29-,30-,33?,34-,35-,36-,37?,38?,39-,40?,41+,42-,43+,44+,45-,46-,47+,48+,49+,50+,51-,52-,53-,54-,55-,57+,58+,59+,60-,61+,65-,66+,67-,68-,69-/m1/s1. The van der Waals surface area contributed by atoms with Crippen LogP contribution in [0, 0.1) is 50.2 Å². The molecule has 4 unspecified atom stereocenters. The number of hydrogen-bond acceptors (Lipinski definition) is 29. The Morgan fingerprint density at radius 2 is 1.22 bits per heavy atom. The molecule has 0 aromatic carbocycles. The van der Waals surface area contributed by atoms with Gasteiger partial charge in [0.25, 0.3) is 0 Å². The SMILES string of the molecule is C=C[C@](C)(CC/C=C(\CO)C(=O)O[C@H]1C[C@@]2(C(=O)O)C(CC1(C)C)C1=CCC3[C@@]4(C)CCC(O[C@@H]5O[C@H](CO[C@@H]6O[C@H](C)[C@H](O)[C@H](O)[C@H]6O[C@@H]6OC[C@@H](O)[C@H](O)[C@H]6O)[C@@H](O)[C@H](O)[C@H]5O[C@@H]5O[C@H](CO)[C@@H](O)[C@H](O)[C@H]5O)C(C)(C)C4CC[C@@]3(C)[C@]1(C)C[C@H]2O)O[C@@H]1O[C@H](C)[C@@H](O)[C@H](O)[C@H]1O. The molecule has 30 heteroatoms. The number of allylic oxidation sites excluding steroid dienone is 3. The number of rotatable bonds is 20. The van der Waals surface area contributed by atoms with Crippen LogP contribution in [0.15, 0.2) is 36.0 Å². The maximum atomic E-state index is 14.1. The van der Waals surface area contributed by atoms with Gasteiger partial charge < -0.3 is 139 Å². The number of hydrogen-bond donors (Lipinski definition) is 17. The summed E-state index contributed by atoms with van der Waals surface area (Å²) in [5.74, 6) is -2.88. The van der Waals surface area contributed by atoms with Crippen LogP contribution in [0.1, 0.15) is 133 Å². The second-order valence-electron chi connectivity index (χ2n) is 32.1. The third-order valence-electron chi connectivity index (χ3n) is 25.6. The molecular formula is C69H110O30. The van der Waals surface area contributed by atoms with Gasteiger partial charge in [0.05, 0.1) is 62.0 Å². The Kier molecular flexibility index (Phi) is 23.4. The number of carboxylic acid groups (broad SMARTS) is 1. The zero-order valence-corrected chi connectivity index (χ0v) is 58.1. The van der Waals surface area contributed by atoms with Crippen LogP contribution in [0.5, 0.6) is 0 Å². The topological polar surface area (TPSA) is 480 Å². The van der Waals surface area contributed by atoms with E-state index in [4.69, 9.17) is 52.1 Å². The number of carbonyl (C=O) groups is 2. The van der Waals surface area contributed by atoms with Crippen LogP contribution in [0.3, 0.4) is 0 Å². The molecule has 566 valence electrons. The lowest BCUT2D eigenvalue weighted by atomic mass is 9.33. The summed E-state index contributed by atoms with van der Waals surface area (Å²) in [5.41, 5.74) is -5.36. The summed E-state index contributed by atoms with van der Waals surface area (Å²) in [6.45, 7) is 20.5. The predicted molar refractivity (Wildman–Crippen MR) is 339 cm³/mol. The summed E-state index contributed by atoms with van der Waals surface area (Å²) in [4.78, 5) is 28.2. The fraction of sp³-hybridized carbons (Fsp3) is 0.884. The molecular weight excluding hydrogens is 1310 g/mol. The fourth-order valence-electron chi connectivity index (χ4n) is 19.0. The molecule has 0 amide bonds. The van der Waals surface area contributed by atoms with Gasteiger partial charge >= 0.3 is 11.9 Å². The molecule has 9 fully saturated rings. The lowest BCUT2D eigenvalue weighted by Crippen LogP contribution is -2.69. The van der Waals surface area contributed by atoms with E-state index in [9.17, 15) is 96.4 Å². The zero-order chi connectivity index (χ0) is 72.9. The second-order valence-corrected chi connectivity index (χ2v) is 32.1. The van der Waals surface area contributed by atoms with Gasteiger partial charge in [-0.15, -0.1) is 6.58 Å².